The van der Waals surface area contributed by atoms with Crippen LogP contribution in [0, 0.1) is 0 Å². The van der Waals surface area contributed by atoms with Gasteiger partial charge in [0.05, 0.1) is 10.9 Å². The highest BCUT2D eigenvalue weighted by atomic mass is 16.5. The molecule has 1 saturated carbocycles. The largest absolute Gasteiger partial charge is 0.457 e. The van der Waals surface area contributed by atoms with Gasteiger partial charge in [-0.3, -0.25) is 4.79 Å². The summed E-state index contributed by atoms with van der Waals surface area (Å²) in [5.41, 5.74) is 7.62. The van der Waals surface area contributed by atoms with Gasteiger partial charge in [0.2, 0.25) is 0 Å². The maximum absolute atomic E-state index is 13.2. The lowest BCUT2D eigenvalue weighted by atomic mass is 9.87. The van der Waals surface area contributed by atoms with Crippen molar-refractivity contribution in [3.63, 3.8) is 0 Å². The van der Waals surface area contributed by atoms with Crippen molar-refractivity contribution in [2.24, 2.45) is 5.73 Å². The predicted octanol–water partition coefficient (Wildman–Crippen LogP) is 3.88. The molecule has 0 saturated heterocycles. The van der Waals surface area contributed by atoms with Crippen LogP contribution in [0.15, 0.2) is 67.1 Å². The van der Waals surface area contributed by atoms with Crippen LogP contribution in [-0.4, -0.2) is 32.8 Å². The van der Waals surface area contributed by atoms with Crippen molar-refractivity contribution in [2.75, 3.05) is 5.32 Å². The molecule has 5 rings (SSSR count). The Balaban J connectivity index is 1.40. The van der Waals surface area contributed by atoms with Crippen LogP contribution in [0.25, 0.3) is 11.0 Å². The third-order valence-electron chi connectivity index (χ3n) is 5.33. The Morgan fingerprint density at radius 2 is 1.77 bits per heavy atom. The number of para-hydroxylation sites is 1. The number of carbonyl (C=O) groups excluding carboxylic acids is 1. The first-order chi connectivity index (χ1) is 14.7. The molecule has 2 heterocycles. The molecule has 150 valence electrons. The number of rotatable bonds is 6. The third kappa shape index (κ3) is 3.51. The molecule has 0 atom stereocenters. The minimum atomic E-state index is -0.101. The fourth-order valence-corrected chi connectivity index (χ4v) is 3.68. The van der Waals surface area contributed by atoms with Gasteiger partial charge < -0.3 is 20.8 Å². The van der Waals surface area contributed by atoms with Crippen LogP contribution in [0.5, 0.6) is 11.5 Å². The Hall–Kier alpha value is -3.71. The molecule has 4 N–H and O–H groups in total. The summed E-state index contributed by atoms with van der Waals surface area (Å²) in [7, 11) is 0. The fraction of sp³-hybridized carbons (Fsp3) is 0.174. The summed E-state index contributed by atoms with van der Waals surface area (Å²) in [6, 6.07) is 17.1. The molecule has 4 aromatic rings. The fourth-order valence-electron chi connectivity index (χ4n) is 3.68. The minimum Gasteiger partial charge on any atom is -0.457 e. The van der Waals surface area contributed by atoms with Gasteiger partial charge in [0.25, 0.3) is 0 Å². The van der Waals surface area contributed by atoms with Crippen molar-refractivity contribution in [2.45, 2.75) is 24.9 Å². The van der Waals surface area contributed by atoms with Gasteiger partial charge in [0.1, 0.15) is 29.3 Å². The van der Waals surface area contributed by atoms with Crippen LogP contribution >= 0.6 is 0 Å². The van der Waals surface area contributed by atoms with Gasteiger partial charge in [-0.05, 0) is 49.2 Å². The van der Waals surface area contributed by atoms with E-state index in [4.69, 9.17) is 10.5 Å². The second-order valence-corrected chi connectivity index (χ2v) is 7.49. The van der Waals surface area contributed by atoms with E-state index in [0.29, 0.717) is 33.7 Å². The van der Waals surface area contributed by atoms with Gasteiger partial charge >= 0.3 is 0 Å². The molecule has 2 aromatic carbocycles. The quantitative estimate of drug-likeness (QED) is 0.425. The number of hydrogen-bond acceptors (Lipinski definition) is 6. The van der Waals surface area contributed by atoms with E-state index < -0.39 is 0 Å². The maximum atomic E-state index is 13.2. The Morgan fingerprint density at radius 3 is 2.50 bits per heavy atom. The van der Waals surface area contributed by atoms with Gasteiger partial charge in [0.15, 0.2) is 5.78 Å². The molecular formula is C23H21N5O2. The van der Waals surface area contributed by atoms with Crippen molar-refractivity contribution < 1.29 is 9.53 Å². The summed E-state index contributed by atoms with van der Waals surface area (Å²) >= 11 is 0. The Labute approximate surface area is 173 Å². The zero-order valence-electron chi connectivity index (χ0n) is 16.2. The van der Waals surface area contributed by atoms with E-state index in [9.17, 15) is 4.79 Å². The lowest BCUT2D eigenvalue weighted by Crippen LogP contribution is -2.44. The van der Waals surface area contributed by atoms with Gasteiger partial charge in [0, 0.05) is 23.8 Å². The van der Waals surface area contributed by atoms with Crippen LogP contribution < -0.4 is 15.8 Å². The molecule has 1 aliphatic carbocycles. The SMILES string of the molecule is N[C@H]1C[C@H](Nc2ncnc3[nH]cc(C(=O)c4ccc(Oc5ccccc5)cc4)c23)C1. The lowest BCUT2D eigenvalue weighted by Gasteiger charge is -2.33. The normalized spacial score (nSPS) is 18.0. The number of benzene rings is 2. The first-order valence-electron chi connectivity index (χ1n) is 9.89. The van der Waals surface area contributed by atoms with Gasteiger partial charge in [-0.15, -0.1) is 0 Å². The van der Waals surface area contributed by atoms with Gasteiger partial charge in [-0.2, -0.15) is 0 Å². The lowest BCUT2D eigenvalue weighted by molar-refractivity contribution is 0.104. The Morgan fingerprint density at radius 1 is 1.03 bits per heavy atom. The number of H-pyrrole nitrogens is 1. The number of nitrogens with one attached hydrogen (secondary N) is 2. The van der Waals surface area contributed by atoms with Gasteiger partial charge in [-0.1, -0.05) is 18.2 Å². The van der Waals surface area contributed by atoms with E-state index in [1.807, 2.05) is 30.3 Å². The van der Waals surface area contributed by atoms with E-state index in [1.165, 1.54) is 6.33 Å². The maximum Gasteiger partial charge on any atom is 0.195 e. The summed E-state index contributed by atoms with van der Waals surface area (Å²) in [5.74, 6) is 1.97. The van der Waals surface area contributed by atoms with Crippen LogP contribution in [0.1, 0.15) is 28.8 Å². The number of aromatic nitrogens is 3. The number of nitrogens with zero attached hydrogens (tertiary/aromatic N) is 2. The van der Waals surface area contributed by atoms with E-state index in [2.05, 4.69) is 20.3 Å². The van der Waals surface area contributed by atoms with Gasteiger partial charge in [-0.25, -0.2) is 9.97 Å². The van der Waals surface area contributed by atoms with Crippen molar-refractivity contribution in [1.29, 1.82) is 0 Å². The number of anilines is 1. The smallest absolute Gasteiger partial charge is 0.195 e. The predicted molar refractivity (Wildman–Crippen MR) is 115 cm³/mol. The minimum absolute atomic E-state index is 0.101. The molecule has 0 spiro atoms. The highest BCUT2D eigenvalue weighted by molar-refractivity contribution is 6.18. The first-order valence-corrected chi connectivity index (χ1v) is 9.89. The zero-order valence-corrected chi connectivity index (χ0v) is 16.2. The summed E-state index contributed by atoms with van der Waals surface area (Å²) < 4.78 is 5.81. The van der Waals surface area contributed by atoms with Crippen LogP contribution in [0.3, 0.4) is 0 Å². The monoisotopic (exact) mass is 399 g/mol. The molecule has 0 unspecified atom stereocenters. The average Bonchev–Trinajstić information content (AvgIpc) is 3.19. The number of ether oxygens (including phenoxy) is 1. The highest BCUT2D eigenvalue weighted by Gasteiger charge is 2.27. The molecule has 1 aliphatic rings. The van der Waals surface area contributed by atoms with Crippen LogP contribution in [0.2, 0.25) is 0 Å². The summed E-state index contributed by atoms with van der Waals surface area (Å²) in [4.78, 5) is 24.9. The standard InChI is InChI=1S/C23H21N5O2/c24-15-10-16(11-15)28-23-20-19(12-25-22(20)26-13-27-23)21(29)14-6-8-18(9-7-14)30-17-4-2-1-3-5-17/h1-9,12-13,15-16H,10-11,24H2,(H2,25,26,27,28)/t15-,16-. The number of carbonyl (C=O) groups is 1. The Bertz CT molecular complexity index is 1180. The molecular weight excluding hydrogens is 378 g/mol. The summed E-state index contributed by atoms with van der Waals surface area (Å²) in [6.45, 7) is 0. The molecule has 0 bridgehead atoms. The number of fused-ring (bicyclic) bond motifs is 1. The number of aromatic amines is 1. The zero-order chi connectivity index (χ0) is 20.5. The van der Waals surface area contributed by atoms with E-state index >= 15 is 0 Å². The van der Waals surface area contributed by atoms with Crippen LogP contribution in [-0.2, 0) is 0 Å². The van der Waals surface area contributed by atoms with Crippen molar-refractivity contribution in [3.05, 3.63) is 78.2 Å². The van der Waals surface area contributed by atoms with E-state index in [1.54, 1.807) is 30.5 Å². The number of ketones is 1. The molecule has 7 heteroatoms. The highest BCUT2D eigenvalue weighted by Crippen LogP contribution is 2.30. The molecule has 30 heavy (non-hydrogen) atoms. The third-order valence-corrected chi connectivity index (χ3v) is 5.33. The molecule has 2 aromatic heterocycles. The average molecular weight is 399 g/mol. The Kier molecular flexibility index (Phi) is 4.65. The molecule has 0 aliphatic heterocycles. The molecule has 0 radical (unpaired) electrons. The second kappa shape index (κ2) is 7.61. The van der Waals surface area contributed by atoms with Crippen molar-refractivity contribution >= 4 is 22.6 Å². The topological polar surface area (TPSA) is 106 Å². The molecule has 7 nitrogen and oxygen atoms in total. The van der Waals surface area contributed by atoms with Crippen molar-refractivity contribution in [3.8, 4) is 11.5 Å². The number of hydrogen-bond donors (Lipinski definition) is 3. The van der Waals surface area contributed by atoms with E-state index in [0.717, 1.165) is 18.6 Å². The molecule has 0 amide bonds. The van der Waals surface area contributed by atoms with Crippen LogP contribution in [0.4, 0.5) is 5.82 Å². The summed E-state index contributed by atoms with van der Waals surface area (Å²) in [6.07, 6.45) is 4.96. The molecule has 1 fully saturated rings. The van der Waals surface area contributed by atoms with Crippen molar-refractivity contribution in [1.82, 2.24) is 15.0 Å². The second-order valence-electron chi connectivity index (χ2n) is 7.49. The number of nitrogens with two attached hydrogens (primary N) is 1. The van der Waals surface area contributed by atoms with E-state index in [-0.39, 0.29) is 17.9 Å². The summed E-state index contributed by atoms with van der Waals surface area (Å²) in [5, 5.41) is 4.10. The first kappa shape index (κ1) is 18.3.